The Morgan fingerprint density at radius 2 is 1.53 bits per heavy atom. The van der Waals surface area contributed by atoms with E-state index < -0.39 is 0 Å². The van der Waals surface area contributed by atoms with Crippen molar-refractivity contribution >= 4 is 35.1 Å². The number of amidine groups is 1. The minimum atomic E-state index is -0.243. The molecule has 7 heteroatoms. The van der Waals surface area contributed by atoms with Crippen molar-refractivity contribution in [3.05, 3.63) is 88.6 Å². The first-order chi connectivity index (χ1) is 15.5. The number of rotatable bonds is 6. The summed E-state index contributed by atoms with van der Waals surface area (Å²) in [6.07, 6.45) is 1.73. The Balaban J connectivity index is 1.79. The predicted octanol–water partition coefficient (Wildman–Crippen LogP) is 5.20. The van der Waals surface area contributed by atoms with Crippen LogP contribution in [0.5, 0.6) is 17.2 Å². The third kappa shape index (κ3) is 4.18. The number of carbonyl (C=O) groups excluding carboxylic acids is 1. The monoisotopic (exact) mass is 448 g/mol. The van der Waals surface area contributed by atoms with Crippen LogP contribution >= 0.6 is 11.6 Å². The first-order valence-electron chi connectivity index (χ1n) is 9.81. The van der Waals surface area contributed by atoms with Crippen molar-refractivity contribution in [2.24, 2.45) is 4.99 Å². The molecule has 32 heavy (non-hydrogen) atoms. The average molecular weight is 449 g/mol. The number of benzene rings is 3. The number of methoxy groups -OCH3 is 3. The third-order valence-electron chi connectivity index (χ3n) is 5.00. The summed E-state index contributed by atoms with van der Waals surface area (Å²) in [4.78, 5) is 19.7. The van der Waals surface area contributed by atoms with Crippen LogP contribution in [-0.2, 0) is 4.79 Å². The Labute approximate surface area is 191 Å². The number of anilines is 1. The van der Waals surface area contributed by atoms with Crippen LogP contribution in [0, 0.1) is 0 Å². The lowest BCUT2D eigenvalue weighted by Gasteiger charge is -2.18. The second kappa shape index (κ2) is 9.16. The molecule has 0 radical (unpaired) electrons. The minimum Gasteiger partial charge on any atom is -0.497 e. The van der Waals surface area contributed by atoms with E-state index in [1.807, 2.05) is 30.3 Å². The van der Waals surface area contributed by atoms with Crippen molar-refractivity contribution in [1.82, 2.24) is 0 Å². The summed E-state index contributed by atoms with van der Waals surface area (Å²) in [5, 5.41) is 0.587. The smallest absolute Gasteiger partial charge is 0.282 e. The highest BCUT2D eigenvalue weighted by Gasteiger charge is 2.32. The fourth-order valence-corrected chi connectivity index (χ4v) is 3.51. The van der Waals surface area contributed by atoms with Crippen LogP contribution in [0.1, 0.15) is 11.1 Å². The zero-order valence-electron chi connectivity index (χ0n) is 17.8. The second-order valence-electron chi connectivity index (χ2n) is 6.92. The Bertz CT molecular complexity index is 1200. The van der Waals surface area contributed by atoms with E-state index in [1.165, 1.54) is 0 Å². The summed E-state index contributed by atoms with van der Waals surface area (Å²) in [5.74, 6) is 2.18. The standard InChI is InChI=1S/C25H21ClN2O4/c1-30-20-11-5-17(6-12-20)24-27-21(14-16-4-13-22(31-2)23(15-16)32-3)25(29)28(24)19-9-7-18(26)8-10-19/h4-15H,1-3H3/b21-14+. The molecule has 1 amide bonds. The van der Waals surface area contributed by atoms with Crippen molar-refractivity contribution in [3.63, 3.8) is 0 Å². The Morgan fingerprint density at radius 3 is 2.16 bits per heavy atom. The zero-order valence-corrected chi connectivity index (χ0v) is 18.6. The van der Waals surface area contributed by atoms with Crippen LogP contribution in [0.3, 0.4) is 0 Å². The van der Waals surface area contributed by atoms with Crippen LogP contribution in [-0.4, -0.2) is 33.1 Å². The summed E-state index contributed by atoms with van der Waals surface area (Å²) in [7, 11) is 4.75. The lowest BCUT2D eigenvalue weighted by atomic mass is 10.1. The molecule has 4 rings (SSSR count). The van der Waals surface area contributed by atoms with Gasteiger partial charge in [0, 0.05) is 10.6 Å². The fraction of sp³-hybridized carbons (Fsp3) is 0.120. The van der Waals surface area contributed by atoms with E-state index >= 15 is 0 Å². The number of aliphatic imine (C=N–C) groups is 1. The molecule has 0 saturated heterocycles. The Morgan fingerprint density at radius 1 is 0.844 bits per heavy atom. The van der Waals surface area contributed by atoms with E-state index in [1.54, 1.807) is 68.7 Å². The van der Waals surface area contributed by atoms with Crippen molar-refractivity contribution in [2.75, 3.05) is 26.2 Å². The summed E-state index contributed by atoms with van der Waals surface area (Å²) < 4.78 is 15.9. The van der Waals surface area contributed by atoms with Gasteiger partial charge in [-0.05, 0) is 72.3 Å². The SMILES string of the molecule is COc1ccc(C2=N/C(=C/c3ccc(OC)c(OC)c3)C(=O)N2c2ccc(Cl)cc2)cc1. The van der Waals surface area contributed by atoms with Crippen molar-refractivity contribution in [2.45, 2.75) is 0 Å². The minimum absolute atomic E-state index is 0.243. The van der Waals surface area contributed by atoms with Crippen molar-refractivity contribution in [1.29, 1.82) is 0 Å². The largest absolute Gasteiger partial charge is 0.497 e. The van der Waals surface area contributed by atoms with Gasteiger partial charge in [0.2, 0.25) is 0 Å². The van der Waals surface area contributed by atoms with Gasteiger partial charge < -0.3 is 14.2 Å². The number of carbonyl (C=O) groups is 1. The molecule has 3 aromatic rings. The summed E-state index contributed by atoms with van der Waals surface area (Å²) >= 11 is 6.05. The quantitative estimate of drug-likeness (QED) is 0.486. The van der Waals surface area contributed by atoms with E-state index in [4.69, 9.17) is 25.8 Å². The maximum atomic E-state index is 13.4. The van der Waals surface area contributed by atoms with Gasteiger partial charge in [-0.15, -0.1) is 0 Å². The number of halogens is 1. The van der Waals surface area contributed by atoms with Gasteiger partial charge in [-0.25, -0.2) is 4.99 Å². The second-order valence-corrected chi connectivity index (χ2v) is 7.36. The number of amides is 1. The molecule has 6 nitrogen and oxygen atoms in total. The Hall–Kier alpha value is -3.77. The van der Waals surface area contributed by atoms with E-state index in [0.29, 0.717) is 33.7 Å². The first kappa shape index (κ1) is 21.5. The molecular formula is C25H21ClN2O4. The van der Waals surface area contributed by atoms with E-state index in [2.05, 4.69) is 4.99 Å². The Kier molecular flexibility index (Phi) is 6.14. The van der Waals surface area contributed by atoms with Crippen LogP contribution in [0.25, 0.3) is 6.08 Å². The van der Waals surface area contributed by atoms with Crippen molar-refractivity contribution < 1.29 is 19.0 Å². The molecule has 0 atom stereocenters. The number of nitrogens with zero attached hydrogens (tertiary/aromatic N) is 2. The molecular weight excluding hydrogens is 428 g/mol. The summed E-state index contributed by atoms with van der Waals surface area (Å²) in [6.45, 7) is 0. The van der Waals surface area contributed by atoms with E-state index in [9.17, 15) is 4.79 Å². The summed E-state index contributed by atoms with van der Waals surface area (Å²) in [6, 6.07) is 19.9. The lowest BCUT2D eigenvalue weighted by Crippen LogP contribution is -2.32. The van der Waals surface area contributed by atoms with Crippen molar-refractivity contribution in [3.8, 4) is 17.2 Å². The molecule has 0 bridgehead atoms. The zero-order chi connectivity index (χ0) is 22.7. The molecule has 0 aliphatic carbocycles. The molecule has 1 aliphatic heterocycles. The molecule has 0 unspecified atom stereocenters. The average Bonchev–Trinajstić information content (AvgIpc) is 3.15. The molecule has 1 heterocycles. The van der Waals surface area contributed by atoms with Gasteiger partial charge in [-0.1, -0.05) is 17.7 Å². The highest BCUT2D eigenvalue weighted by atomic mass is 35.5. The van der Waals surface area contributed by atoms with Gasteiger partial charge >= 0.3 is 0 Å². The lowest BCUT2D eigenvalue weighted by molar-refractivity contribution is -0.113. The highest BCUT2D eigenvalue weighted by Crippen LogP contribution is 2.32. The van der Waals surface area contributed by atoms with Gasteiger partial charge in [-0.3, -0.25) is 9.69 Å². The molecule has 0 aromatic heterocycles. The van der Waals surface area contributed by atoms with E-state index in [-0.39, 0.29) is 5.91 Å². The van der Waals surface area contributed by atoms with Gasteiger partial charge in [0.15, 0.2) is 11.5 Å². The van der Waals surface area contributed by atoms with Crippen LogP contribution < -0.4 is 19.1 Å². The number of ether oxygens (including phenoxy) is 3. The molecule has 3 aromatic carbocycles. The van der Waals surface area contributed by atoms with Gasteiger partial charge in [0.25, 0.3) is 5.91 Å². The molecule has 0 fully saturated rings. The van der Waals surface area contributed by atoms with Crippen LogP contribution in [0.4, 0.5) is 5.69 Å². The first-order valence-corrected chi connectivity index (χ1v) is 10.2. The fourth-order valence-electron chi connectivity index (χ4n) is 3.38. The molecule has 0 spiro atoms. The maximum Gasteiger partial charge on any atom is 0.282 e. The van der Waals surface area contributed by atoms with E-state index in [0.717, 1.165) is 16.9 Å². The van der Waals surface area contributed by atoms with Gasteiger partial charge in [0.1, 0.15) is 17.3 Å². The molecule has 0 N–H and O–H groups in total. The molecule has 162 valence electrons. The number of hydrogen-bond acceptors (Lipinski definition) is 5. The highest BCUT2D eigenvalue weighted by molar-refractivity contribution is 6.34. The molecule has 1 aliphatic rings. The molecule has 0 saturated carbocycles. The van der Waals surface area contributed by atoms with Gasteiger partial charge in [0.05, 0.1) is 27.0 Å². The maximum absolute atomic E-state index is 13.4. The number of hydrogen-bond donors (Lipinski definition) is 0. The normalized spacial score (nSPS) is 14.5. The third-order valence-corrected chi connectivity index (χ3v) is 5.26. The van der Waals surface area contributed by atoms with Crippen LogP contribution in [0.15, 0.2) is 77.4 Å². The predicted molar refractivity (Wildman–Crippen MR) is 126 cm³/mol. The topological polar surface area (TPSA) is 60.4 Å². The summed E-state index contributed by atoms with van der Waals surface area (Å²) in [5.41, 5.74) is 2.52. The van der Waals surface area contributed by atoms with Gasteiger partial charge in [-0.2, -0.15) is 0 Å². The van der Waals surface area contributed by atoms with Crippen LogP contribution in [0.2, 0.25) is 5.02 Å².